The minimum atomic E-state index is 0. The van der Waals surface area contributed by atoms with Gasteiger partial charge in [0.25, 0.3) is 0 Å². The van der Waals surface area contributed by atoms with E-state index in [2.05, 4.69) is 18.7 Å². The Bertz CT molecular complexity index is 160. The Hall–Kier alpha value is -0.791. The average Bonchev–Trinajstić information content (AvgIpc) is 2.63. The molecule has 0 aromatic carbocycles. The van der Waals surface area contributed by atoms with Gasteiger partial charge < -0.3 is 9.59 Å². The fraction of sp³-hybridized carbons (Fsp3) is 0.111. The standard InChI is InChI=1S/C7H7.2CH2O.Ir/c1-2-7-5-3-4-6-7;2*1-2;/h2-3,5H,1,4H2;2*1H2;/q-1;;;. The van der Waals surface area contributed by atoms with Crippen LogP contribution in [-0.4, -0.2) is 13.6 Å². The molecule has 0 atom stereocenters. The van der Waals surface area contributed by atoms with Gasteiger partial charge in [-0.3, -0.25) is 0 Å². The summed E-state index contributed by atoms with van der Waals surface area (Å²) in [6.07, 6.45) is 9.95. The third kappa shape index (κ3) is 9.21. The predicted molar refractivity (Wildman–Crippen MR) is 45.0 cm³/mol. The Labute approximate surface area is 86.4 Å². The molecular formula is C9H11IrO2-. The van der Waals surface area contributed by atoms with Crippen LogP contribution in [0.4, 0.5) is 0 Å². The van der Waals surface area contributed by atoms with Crippen molar-refractivity contribution in [3.8, 4) is 0 Å². The molecule has 0 bridgehead atoms. The molecule has 12 heavy (non-hydrogen) atoms. The predicted octanol–water partition coefficient (Wildman–Crippen LogP) is 1.49. The van der Waals surface area contributed by atoms with Crippen molar-refractivity contribution in [3.63, 3.8) is 0 Å². The molecule has 0 aromatic heterocycles. The molecule has 0 N–H and O–H groups in total. The van der Waals surface area contributed by atoms with Gasteiger partial charge in [-0.15, -0.1) is 6.08 Å². The molecule has 0 aliphatic heterocycles. The van der Waals surface area contributed by atoms with Gasteiger partial charge >= 0.3 is 0 Å². The SMILES string of the molecule is C=CC1=[C-]CC=C1.C=O.C=O.[Ir]. The molecule has 1 radical (unpaired) electrons. The Kier molecular flexibility index (Phi) is 24.1. The molecule has 1 aliphatic carbocycles. The largest absolute Gasteiger partial charge is 0.307 e. The molecule has 1 aliphatic rings. The molecule has 0 spiro atoms. The molecular weight excluding hydrogens is 332 g/mol. The van der Waals surface area contributed by atoms with Crippen LogP contribution in [0.5, 0.6) is 0 Å². The zero-order valence-electron chi connectivity index (χ0n) is 6.71. The quantitative estimate of drug-likeness (QED) is 0.676. The molecule has 3 heteroatoms. The Balaban J connectivity index is -0.000000144. The summed E-state index contributed by atoms with van der Waals surface area (Å²) >= 11 is 0. The Morgan fingerprint density at radius 3 is 2.00 bits per heavy atom. The first kappa shape index (κ1) is 17.3. The van der Waals surface area contributed by atoms with Crippen LogP contribution in [0, 0.1) is 6.08 Å². The minimum Gasteiger partial charge on any atom is -0.307 e. The van der Waals surface area contributed by atoms with Gasteiger partial charge in [-0.25, -0.2) is 0 Å². The van der Waals surface area contributed by atoms with Crippen LogP contribution in [0.1, 0.15) is 6.42 Å². The molecule has 0 amide bonds. The first-order chi connectivity index (χ1) is 5.43. The third-order valence-electron chi connectivity index (χ3n) is 0.941. The summed E-state index contributed by atoms with van der Waals surface area (Å²) in [6.45, 7) is 7.59. The topological polar surface area (TPSA) is 34.1 Å². The normalized spacial score (nSPS) is 10.5. The van der Waals surface area contributed by atoms with Crippen molar-refractivity contribution < 1.29 is 29.7 Å². The van der Waals surface area contributed by atoms with Gasteiger partial charge in [0, 0.05) is 20.1 Å². The second kappa shape index (κ2) is 16.7. The molecule has 0 unspecified atom stereocenters. The van der Waals surface area contributed by atoms with E-state index in [-0.39, 0.29) is 20.1 Å². The third-order valence-corrected chi connectivity index (χ3v) is 0.941. The van der Waals surface area contributed by atoms with Crippen molar-refractivity contribution in [1.82, 2.24) is 0 Å². The number of hydrogen-bond acceptors (Lipinski definition) is 2. The minimum absolute atomic E-state index is 0. The molecule has 0 aromatic rings. The van der Waals surface area contributed by atoms with E-state index in [1.807, 2.05) is 25.7 Å². The molecule has 0 saturated heterocycles. The maximum atomic E-state index is 8.00. The van der Waals surface area contributed by atoms with Crippen molar-refractivity contribution in [1.29, 1.82) is 0 Å². The first-order valence-electron chi connectivity index (χ1n) is 2.91. The van der Waals surface area contributed by atoms with E-state index in [4.69, 9.17) is 9.59 Å². The second-order valence-corrected chi connectivity index (χ2v) is 1.44. The summed E-state index contributed by atoms with van der Waals surface area (Å²) in [7, 11) is 0. The van der Waals surface area contributed by atoms with Crippen molar-refractivity contribution in [2.45, 2.75) is 6.42 Å². The zero-order valence-corrected chi connectivity index (χ0v) is 9.11. The van der Waals surface area contributed by atoms with Crippen LogP contribution in [-0.2, 0) is 29.7 Å². The summed E-state index contributed by atoms with van der Waals surface area (Å²) in [5.74, 6) is 0. The molecule has 2 nitrogen and oxygen atoms in total. The van der Waals surface area contributed by atoms with Gasteiger partial charge in [0.15, 0.2) is 0 Å². The molecule has 0 saturated carbocycles. The average molecular weight is 343 g/mol. The monoisotopic (exact) mass is 344 g/mol. The van der Waals surface area contributed by atoms with Crippen LogP contribution < -0.4 is 0 Å². The van der Waals surface area contributed by atoms with Crippen molar-refractivity contribution >= 4 is 13.6 Å². The van der Waals surface area contributed by atoms with Gasteiger partial charge in [0.05, 0.1) is 0 Å². The summed E-state index contributed by atoms with van der Waals surface area (Å²) in [4.78, 5) is 16.0. The fourth-order valence-electron chi connectivity index (χ4n) is 0.562. The summed E-state index contributed by atoms with van der Waals surface area (Å²) < 4.78 is 0. The molecule has 0 fully saturated rings. The van der Waals surface area contributed by atoms with E-state index in [1.165, 1.54) is 0 Å². The van der Waals surface area contributed by atoms with Crippen LogP contribution in [0.3, 0.4) is 0 Å². The van der Waals surface area contributed by atoms with E-state index in [0.717, 1.165) is 12.0 Å². The first-order valence-corrected chi connectivity index (χ1v) is 2.91. The van der Waals surface area contributed by atoms with Gasteiger partial charge in [0.1, 0.15) is 13.6 Å². The fourth-order valence-corrected chi connectivity index (χ4v) is 0.562. The van der Waals surface area contributed by atoms with Gasteiger partial charge in [0.2, 0.25) is 0 Å². The maximum Gasteiger partial charge on any atom is 0.106 e. The number of carbonyl (C=O) groups excluding carboxylic acids is 2. The number of rotatable bonds is 1. The van der Waals surface area contributed by atoms with E-state index in [1.54, 1.807) is 0 Å². The van der Waals surface area contributed by atoms with Crippen LogP contribution in [0.25, 0.3) is 0 Å². The summed E-state index contributed by atoms with van der Waals surface area (Å²) in [5, 5.41) is 0. The smallest absolute Gasteiger partial charge is 0.106 e. The van der Waals surface area contributed by atoms with E-state index >= 15 is 0 Å². The summed E-state index contributed by atoms with van der Waals surface area (Å²) in [5.41, 5.74) is 1.13. The van der Waals surface area contributed by atoms with Gasteiger partial charge in [-0.05, 0) is 0 Å². The number of hydrogen-bond donors (Lipinski definition) is 0. The maximum absolute atomic E-state index is 8.00. The number of carbonyl (C=O) groups is 2. The van der Waals surface area contributed by atoms with Gasteiger partial charge in [-0.1, -0.05) is 6.42 Å². The van der Waals surface area contributed by atoms with Crippen molar-refractivity contribution in [2.75, 3.05) is 0 Å². The molecule has 0 heterocycles. The summed E-state index contributed by atoms with van der Waals surface area (Å²) in [6, 6.07) is 0. The van der Waals surface area contributed by atoms with E-state index in [0.29, 0.717) is 0 Å². The Morgan fingerprint density at radius 2 is 1.83 bits per heavy atom. The second-order valence-electron chi connectivity index (χ2n) is 1.44. The Morgan fingerprint density at radius 1 is 1.33 bits per heavy atom. The van der Waals surface area contributed by atoms with Crippen LogP contribution in [0.2, 0.25) is 0 Å². The zero-order chi connectivity index (χ0) is 9.11. The molecule has 69 valence electrons. The number of allylic oxidation sites excluding steroid dienone is 5. The van der Waals surface area contributed by atoms with Gasteiger partial charge in [-0.2, -0.15) is 30.4 Å². The van der Waals surface area contributed by atoms with Crippen molar-refractivity contribution in [3.05, 3.63) is 36.5 Å². The van der Waals surface area contributed by atoms with E-state index < -0.39 is 0 Å². The van der Waals surface area contributed by atoms with Crippen LogP contribution in [0.15, 0.2) is 30.4 Å². The van der Waals surface area contributed by atoms with Crippen LogP contribution >= 0.6 is 0 Å². The van der Waals surface area contributed by atoms with Crippen molar-refractivity contribution in [2.24, 2.45) is 0 Å². The van der Waals surface area contributed by atoms with E-state index in [9.17, 15) is 0 Å². The molecule has 1 rings (SSSR count).